The van der Waals surface area contributed by atoms with Gasteiger partial charge in [0.2, 0.25) is 0 Å². The van der Waals surface area contributed by atoms with Crippen molar-refractivity contribution in [2.45, 2.75) is 112 Å². The molecule has 0 radical (unpaired) electrons. The molecule has 7 nitrogen and oxygen atoms in total. The van der Waals surface area contributed by atoms with Crippen LogP contribution in [0, 0.1) is 19.8 Å². The third-order valence-corrected chi connectivity index (χ3v) is 11.8. The molecule has 1 aliphatic heterocycles. The monoisotopic (exact) mass is 664 g/mol. The van der Waals surface area contributed by atoms with Crippen LogP contribution in [0.25, 0.3) is 0 Å². The molecule has 0 amide bonds. The van der Waals surface area contributed by atoms with Crippen molar-refractivity contribution in [3.8, 4) is 11.5 Å². The number of ketones is 1. The minimum Gasteiger partial charge on any atom is -0.508 e. The minimum absolute atomic E-state index is 0.0654. The highest BCUT2D eigenvalue weighted by atomic mass is 32.2. The molecule has 46 heavy (non-hydrogen) atoms. The maximum Gasteiger partial charge on any atom is 0.339 e. The van der Waals surface area contributed by atoms with E-state index >= 15 is 0 Å². The molecule has 2 fully saturated rings. The first-order chi connectivity index (χ1) is 21.7. The van der Waals surface area contributed by atoms with Crippen molar-refractivity contribution < 1.29 is 32.0 Å². The second-order valence-corrected chi connectivity index (χ2v) is 16.5. The van der Waals surface area contributed by atoms with Gasteiger partial charge in [0.15, 0.2) is 11.0 Å². The number of cyclic esters (lactones) is 1. The highest BCUT2D eigenvalue weighted by Gasteiger charge is 2.51. The van der Waals surface area contributed by atoms with Crippen LogP contribution < -0.4 is 4.18 Å². The van der Waals surface area contributed by atoms with Crippen molar-refractivity contribution in [1.82, 2.24) is 0 Å². The molecule has 2 aliphatic rings. The predicted molar refractivity (Wildman–Crippen MR) is 180 cm³/mol. The van der Waals surface area contributed by atoms with Crippen LogP contribution in [0.3, 0.4) is 0 Å². The molecule has 1 N–H and O–H groups in total. The zero-order valence-electron chi connectivity index (χ0n) is 27.3. The number of aryl methyl sites for hydroxylation is 3. The Kier molecular flexibility index (Phi) is 9.94. The summed E-state index contributed by atoms with van der Waals surface area (Å²) >= 11 is 1.18. The van der Waals surface area contributed by atoms with Crippen LogP contribution in [0.4, 0.5) is 0 Å². The zero-order chi connectivity index (χ0) is 33.3. The van der Waals surface area contributed by atoms with Crippen LogP contribution in [-0.2, 0) is 36.3 Å². The highest BCUT2D eigenvalue weighted by molar-refractivity contribution is 8.01. The number of aromatic hydroxyl groups is 1. The first kappa shape index (κ1) is 34.0. The third-order valence-electron chi connectivity index (χ3n) is 9.25. The van der Waals surface area contributed by atoms with Gasteiger partial charge in [0.1, 0.15) is 22.0 Å². The Morgan fingerprint density at radius 3 is 2.22 bits per heavy atom. The number of carbonyl (C=O) groups is 2. The van der Waals surface area contributed by atoms with E-state index in [1.54, 1.807) is 43.3 Å². The van der Waals surface area contributed by atoms with Gasteiger partial charge in [0.25, 0.3) is 0 Å². The van der Waals surface area contributed by atoms with Gasteiger partial charge in [0.05, 0.1) is 0 Å². The normalized spacial score (nSPS) is 21.2. The minimum atomic E-state index is -4.07. The van der Waals surface area contributed by atoms with E-state index in [9.17, 15) is 23.1 Å². The number of thioether (sulfide) groups is 1. The molecule has 2 atom stereocenters. The van der Waals surface area contributed by atoms with Crippen molar-refractivity contribution >= 4 is 33.6 Å². The fourth-order valence-corrected chi connectivity index (χ4v) is 8.91. The van der Waals surface area contributed by atoms with Crippen molar-refractivity contribution in [1.29, 1.82) is 0 Å². The lowest BCUT2D eigenvalue weighted by Gasteiger charge is -2.45. The van der Waals surface area contributed by atoms with Gasteiger partial charge in [-0.2, -0.15) is 8.42 Å². The molecule has 0 bridgehead atoms. The van der Waals surface area contributed by atoms with Gasteiger partial charge < -0.3 is 14.0 Å². The van der Waals surface area contributed by atoms with E-state index in [0.29, 0.717) is 18.4 Å². The Morgan fingerprint density at radius 2 is 1.61 bits per heavy atom. The summed E-state index contributed by atoms with van der Waals surface area (Å²) < 4.78 is 38.3. The van der Waals surface area contributed by atoms with E-state index in [0.717, 1.165) is 53.7 Å². The number of phenolic OH excluding ortho intramolecular Hbond substituents is 1. The lowest BCUT2D eigenvalue weighted by molar-refractivity contribution is -0.179. The van der Waals surface area contributed by atoms with Gasteiger partial charge in [-0.15, -0.1) is 11.8 Å². The van der Waals surface area contributed by atoms with Gasteiger partial charge in [-0.1, -0.05) is 69.9 Å². The number of benzene rings is 3. The third kappa shape index (κ3) is 7.63. The summed E-state index contributed by atoms with van der Waals surface area (Å²) in [6.45, 7) is 9.64. The quantitative estimate of drug-likeness (QED) is 0.139. The van der Waals surface area contributed by atoms with E-state index in [-0.39, 0.29) is 34.5 Å². The number of Topliss-reactive ketones (excluding diaryl/α,β-unsaturated/α-hetero) is 1. The lowest BCUT2D eigenvalue weighted by Crippen LogP contribution is -2.53. The maximum atomic E-state index is 13.9. The Hall–Kier alpha value is -3.30. The standard InChI is InChI=1S/C37H44O7S2/c1-24-11-17-29(18-12-24)46(41,42)44-32-22-30(36(3,4)5)33(21-25(32)2)45-34-31(39)23-37(43-35(34)40,27-9-7-6-8-10-27)20-19-26-13-15-28(38)16-14-26/h11-18,21-22,27,34,38H,6-10,19-20,23H2,1-5H3. The van der Waals surface area contributed by atoms with E-state index in [1.807, 2.05) is 39.8 Å². The summed E-state index contributed by atoms with van der Waals surface area (Å²) in [7, 11) is -4.07. The van der Waals surface area contributed by atoms with Gasteiger partial charge in [-0.05, 0) is 104 Å². The van der Waals surface area contributed by atoms with Gasteiger partial charge in [0, 0.05) is 11.3 Å². The fourth-order valence-electron chi connectivity index (χ4n) is 6.57. The second-order valence-electron chi connectivity index (χ2n) is 13.8. The van der Waals surface area contributed by atoms with Crippen molar-refractivity contribution in [3.05, 3.63) is 82.9 Å². The van der Waals surface area contributed by atoms with E-state index in [1.165, 1.54) is 23.9 Å². The molecule has 5 rings (SSSR count). The Balaban J connectivity index is 1.40. The molecular weight excluding hydrogens is 621 g/mol. The zero-order valence-corrected chi connectivity index (χ0v) is 28.9. The lowest BCUT2D eigenvalue weighted by atomic mass is 9.70. The Labute approximate surface area is 277 Å². The van der Waals surface area contributed by atoms with Crippen LogP contribution >= 0.6 is 11.8 Å². The number of carbonyl (C=O) groups excluding carboxylic acids is 2. The molecule has 1 saturated heterocycles. The van der Waals surface area contributed by atoms with Crippen LogP contribution in [0.1, 0.15) is 88.0 Å². The molecular formula is C37H44O7S2. The van der Waals surface area contributed by atoms with Crippen LogP contribution in [0.15, 0.2) is 70.5 Å². The number of rotatable bonds is 9. The summed E-state index contributed by atoms with van der Waals surface area (Å²) in [6, 6.07) is 17.0. The smallest absolute Gasteiger partial charge is 0.339 e. The average molecular weight is 665 g/mol. The summed E-state index contributed by atoms with van der Waals surface area (Å²) in [4.78, 5) is 28.5. The molecule has 3 aromatic rings. The molecule has 0 aromatic heterocycles. The number of phenols is 1. The number of hydrogen-bond acceptors (Lipinski definition) is 8. The van der Waals surface area contributed by atoms with Gasteiger partial charge in [-0.3, -0.25) is 9.59 Å². The molecule has 246 valence electrons. The Bertz CT molecular complexity index is 1660. The first-order valence-corrected chi connectivity index (χ1v) is 18.3. The van der Waals surface area contributed by atoms with Crippen molar-refractivity contribution in [2.75, 3.05) is 0 Å². The molecule has 1 aliphatic carbocycles. The summed E-state index contributed by atoms with van der Waals surface area (Å²) in [5.74, 6) is -0.133. The molecule has 9 heteroatoms. The molecule has 1 heterocycles. The summed E-state index contributed by atoms with van der Waals surface area (Å²) in [5, 5.41) is 8.69. The van der Waals surface area contributed by atoms with Gasteiger partial charge in [-0.25, -0.2) is 0 Å². The summed E-state index contributed by atoms with van der Waals surface area (Å²) in [6.07, 6.45) is 6.45. The average Bonchev–Trinajstić information content (AvgIpc) is 3.00. The Morgan fingerprint density at radius 1 is 0.957 bits per heavy atom. The summed E-state index contributed by atoms with van der Waals surface area (Å²) in [5.41, 5.74) is 2.01. The molecule has 2 unspecified atom stereocenters. The van der Waals surface area contributed by atoms with Crippen LogP contribution in [-0.4, -0.2) is 36.1 Å². The fraction of sp³-hybridized carbons (Fsp3) is 0.459. The molecule has 3 aromatic carbocycles. The SMILES string of the molecule is Cc1ccc(S(=O)(=O)Oc2cc(C(C)(C)C)c(SC3C(=O)CC(CCc4ccc(O)cc4)(C4CCCCC4)OC3=O)cc2C)cc1. The molecule has 0 spiro atoms. The van der Waals surface area contributed by atoms with Crippen molar-refractivity contribution in [2.24, 2.45) is 5.92 Å². The van der Waals surface area contributed by atoms with Gasteiger partial charge >= 0.3 is 16.1 Å². The largest absolute Gasteiger partial charge is 0.508 e. The van der Waals surface area contributed by atoms with E-state index < -0.39 is 32.4 Å². The predicted octanol–water partition coefficient (Wildman–Crippen LogP) is 8.00. The second kappa shape index (κ2) is 13.4. The first-order valence-electron chi connectivity index (χ1n) is 16.0. The van der Waals surface area contributed by atoms with Crippen molar-refractivity contribution in [3.63, 3.8) is 0 Å². The molecule has 1 saturated carbocycles. The number of hydrogen-bond donors (Lipinski definition) is 1. The van der Waals surface area contributed by atoms with E-state index in [2.05, 4.69) is 0 Å². The maximum absolute atomic E-state index is 13.9. The number of esters is 1. The topological polar surface area (TPSA) is 107 Å². The van der Waals surface area contributed by atoms with Crippen LogP contribution in [0.5, 0.6) is 11.5 Å². The van der Waals surface area contributed by atoms with Crippen LogP contribution in [0.2, 0.25) is 0 Å². The van der Waals surface area contributed by atoms with E-state index in [4.69, 9.17) is 8.92 Å². The number of ether oxygens (including phenoxy) is 1. The highest BCUT2D eigenvalue weighted by Crippen LogP contribution is 2.47.